The van der Waals surface area contributed by atoms with E-state index >= 15 is 0 Å². The van der Waals surface area contributed by atoms with E-state index in [1.165, 1.54) is 24.1 Å². The molecule has 0 spiro atoms. The molecule has 1 unspecified atom stereocenters. The Balaban J connectivity index is 1.62. The molecular weight excluding hydrogens is 248 g/mol. The van der Waals surface area contributed by atoms with E-state index in [-0.39, 0.29) is 0 Å². The maximum atomic E-state index is 4.57. The van der Waals surface area contributed by atoms with Gasteiger partial charge in [0.1, 0.15) is 5.82 Å². The van der Waals surface area contributed by atoms with E-state index in [1.54, 1.807) is 0 Å². The summed E-state index contributed by atoms with van der Waals surface area (Å²) in [5.74, 6) is 1.66. The highest BCUT2D eigenvalue weighted by molar-refractivity contribution is 5.14. The molecule has 0 bridgehead atoms. The molecule has 106 valence electrons. The summed E-state index contributed by atoms with van der Waals surface area (Å²) in [6.07, 6.45) is 9.28. The molecule has 0 aromatic carbocycles. The molecule has 1 fully saturated rings. The van der Waals surface area contributed by atoms with Crippen LogP contribution in [-0.4, -0.2) is 32.9 Å². The molecule has 4 nitrogen and oxygen atoms in total. The fourth-order valence-corrected chi connectivity index (χ4v) is 2.91. The Hall–Kier alpha value is -1.68. The Bertz CT molecular complexity index is 518. The first kappa shape index (κ1) is 13.3. The number of aryl methyl sites for hydroxylation is 1. The normalized spacial score (nSPS) is 20.1. The number of hydrogen-bond acceptors (Lipinski definition) is 3. The molecule has 1 saturated heterocycles. The third-order valence-electron chi connectivity index (χ3n) is 4.09. The van der Waals surface area contributed by atoms with Gasteiger partial charge in [0.2, 0.25) is 0 Å². The molecule has 3 rings (SSSR count). The Labute approximate surface area is 120 Å². The van der Waals surface area contributed by atoms with Gasteiger partial charge in [-0.2, -0.15) is 0 Å². The number of pyridine rings is 1. The van der Waals surface area contributed by atoms with Crippen LogP contribution in [0, 0.1) is 0 Å². The van der Waals surface area contributed by atoms with Gasteiger partial charge in [0.25, 0.3) is 0 Å². The van der Waals surface area contributed by atoms with Crippen molar-refractivity contribution < 1.29 is 0 Å². The van der Waals surface area contributed by atoms with Gasteiger partial charge in [0, 0.05) is 37.6 Å². The number of rotatable bonds is 4. The van der Waals surface area contributed by atoms with Crippen LogP contribution in [0.2, 0.25) is 0 Å². The number of likely N-dealkylation sites (tertiary alicyclic amines) is 1. The molecule has 0 saturated carbocycles. The lowest BCUT2D eigenvalue weighted by molar-refractivity contribution is 0.195. The van der Waals surface area contributed by atoms with Gasteiger partial charge in [-0.3, -0.25) is 9.88 Å². The summed E-state index contributed by atoms with van der Waals surface area (Å²) in [4.78, 5) is 14.7. The summed E-state index contributed by atoms with van der Waals surface area (Å²) in [6, 6.07) is 4.35. The van der Waals surface area contributed by atoms with Gasteiger partial charge in [-0.1, -0.05) is 13.0 Å². The predicted octanol–water partition coefficient (Wildman–Crippen LogP) is 2.75. The maximum Gasteiger partial charge on any atom is 0.110 e. The predicted molar refractivity (Wildman–Crippen MR) is 79.5 cm³/mol. The SMILES string of the molecule is CCc1ccc(CN2CCCC(c3ncc[nH]3)C2)nc1. The van der Waals surface area contributed by atoms with Gasteiger partial charge < -0.3 is 4.98 Å². The quantitative estimate of drug-likeness (QED) is 0.929. The number of nitrogens with zero attached hydrogens (tertiary/aromatic N) is 3. The Morgan fingerprint density at radius 2 is 2.30 bits per heavy atom. The molecule has 20 heavy (non-hydrogen) atoms. The van der Waals surface area contributed by atoms with Crippen molar-refractivity contribution in [2.75, 3.05) is 13.1 Å². The summed E-state index contributed by atoms with van der Waals surface area (Å²) >= 11 is 0. The third kappa shape index (κ3) is 3.07. The van der Waals surface area contributed by atoms with Crippen LogP contribution in [0.5, 0.6) is 0 Å². The Morgan fingerprint density at radius 3 is 3.00 bits per heavy atom. The van der Waals surface area contributed by atoms with Crippen LogP contribution in [0.25, 0.3) is 0 Å². The fraction of sp³-hybridized carbons (Fsp3) is 0.500. The Morgan fingerprint density at radius 1 is 1.35 bits per heavy atom. The molecule has 1 N–H and O–H groups in total. The third-order valence-corrected chi connectivity index (χ3v) is 4.09. The van der Waals surface area contributed by atoms with E-state index in [4.69, 9.17) is 0 Å². The molecule has 1 aliphatic rings. The van der Waals surface area contributed by atoms with Gasteiger partial charge in [-0.15, -0.1) is 0 Å². The molecule has 1 aliphatic heterocycles. The summed E-state index contributed by atoms with van der Waals surface area (Å²) in [7, 11) is 0. The van der Waals surface area contributed by atoms with Crippen molar-refractivity contribution in [3.05, 3.63) is 47.8 Å². The summed E-state index contributed by atoms with van der Waals surface area (Å²) in [5.41, 5.74) is 2.48. The van der Waals surface area contributed by atoms with Gasteiger partial charge in [-0.25, -0.2) is 4.98 Å². The maximum absolute atomic E-state index is 4.57. The van der Waals surface area contributed by atoms with Crippen LogP contribution in [0.3, 0.4) is 0 Å². The van der Waals surface area contributed by atoms with Crippen molar-refractivity contribution in [3.8, 4) is 0 Å². The first-order valence-electron chi connectivity index (χ1n) is 7.50. The highest BCUT2D eigenvalue weighted by Gasteiger charge is 2.23. The van der Waals surface area contributed by atoms with Crippen LogP contribution >= 0.6 is 0 Å². The number of piperidine rings is 1. The zero-order chi connectivity index (χ0) is 13.8. The van der Waals surface area contributed by atoms with E-state index in [1.807, 2.05) is 18.6 Å². The molecule has 0 aliphatic carbocycles. The molecule has 0 amide bonds. The molecule has 2 aromatic rings. The first-order valence-corrected chi connectivity index (χ1v) is 7.50. The number of aromatic amines is 1. The summed E-state index contributed by atoms with van der Waals surface area (Å²) < 4.78 is 0. The van der Waals surface area contributed by atoms with Crippen LogP contribution in [-0.2, 0) is 13.0 Å². The smallest absolute Gasteiger partial charge is 0.110 e. The molecule has 3 heterocycles. The van der Waals surface area contributed by atoms with E-state index in [9.17, 15) is 0 Å². The van der Waals surface area contributed by atoms with E-state index in [2.05, 4.69) is 38.9 Å². The Kier molecular flexibility index (Phi) is 4.11. The highest BCUT2D eigenvalue weighted by atomic mass is 15.1. The molecular formula is C16H22N4. The van der Waals surface area contributed by atoms with Crippen LogP contribution in [0.15, 0.2) is 30.7 Å². The standard InChI is InChI=1S/C16H22N4/c1-2-13-5-6-15(19-10-13)12-20-9-3-4-14(11-20)16-17-7-8-18-16/h5-8,10,14H,2-4,9,11-12H2,1H3,(H,17,18). The largest absolute Gasteiger partial charge is 0.348 e. The lowest BCUT2D eigenvalue weighted by Gasteiger charge is -2.31. The number of aromatic nitrogens is 3. The summed E-state index contributed by atoms with van der Waals surface area (Å²) in [5, 5.41) is 0. The van der Waals surface area contributed by atoms with Gasteiger partial charge in [-0.05, 0) is 37.4 Å². The second-order valence-electron chi connectivity index (χ2n) is 5.56. The lowest BCUT2D eigenvalue weighted by atomic mass is 9.97. The van der Waals surface area contributed by atoms with Gasteiger partial charge >= 0.3 is 0 Å². The van der Waals surface area contributed by atoms with E-state index in [0.717, 1.165) is 31.9 Å². The van der Waals surface area contributed by atoms with Crippen LogP contribution in [0.4, 0.5) is 0 Å². The summed E-state index contributed by atoms with van der Waals surface area (Å²) in [6.45, 7) is 5.34. The molecule has 1 atom stereocenters. The average molecular weight is 270 g/mol. The second-order valence-corrected chi connectivity index (χ2v) is 5.56. The number of nitrogens with one attached hydrogen (secondary N) is 1. The first-order chi connectivity index (χ1) is 9.85. The zero-order valence-electron chi connectivity index (χ0n) is 12.0. The molecule has 0 radical (unpaired) electrons. The topological polar surface area (TPSA) is 44.8 Å². The van der Waals surface area contributed by atoms with Crippen molar-refractivity contribution in [1.82, 2.24) is 19.9 Å². The minimum Gasteiger partial charge on any atom is -0.348 e. The molecule has 4 heteroatoms. The van der Waals surface area contributed by atoms with Crippen molar-refractivity contribution in [2.24, 2.45) is 0 Å². The fourth-order valence-electron chi connectivity index (χ4n) is 2.91. The minimum absolute atomic E-state index is 0.536. The minimum atomic E-state index is 0.536. The van der Waals surface area contributed by atoms with Crippen molar-refractivity contribution in [1.29, 1.82) is 0 Å². The average Bonchev–Trinajstić information content (AvgIpc) is 3.03. The molecule has 2 aromatic heterocycles. The van der Waals surface area contributed by atoms with Gasteiger partial charge in [0.15, 0.2) is 0 Å². The lowest BCUT2D eigenvalue weighted by Crippen LogP contribution is -2.34. The number of imidazole rings is 1. The van der Waals surface area contributed by atoms with E-state index < -0.39 is 0 Å². The number of hydrogen-bond donors (Lipinski definition) is 1. The van der Waals surface area contributed by atoms with Crippen molar-refractivity contribution in [2.45, 2.75) is 38.6 Å². The van der Waals surface area contributed by atoms with Crippen molar-refractivity contribution in [3.63, 3.8) is 0 Å². The zero-order valence-corrected chi connectivity index (χ0v) is 12.0. The highest BCUT2D eigenvalue weighted by Crippen LogP contribution is 2.25. The second kappa shape index (κ2) is 6.18. The van der Waals surface area contributed by atoms with Crippen LogP contribution in [0.1, 0.15) is 42.8 Å². The van der Waals surface area contributed by atoms with Crippen molar-refractivity contribution >= 4 is 0 Å². The number of H-pyrrole nitrogens is 1. The monoisotopic (exact) mass is 270 g/mol. The van der Waals surface area contributed by atoms with Crippen LogP contribution < -0.4 is 0 Å². The van der Waals surface area contributed by atoms with Gasteiger partial charge in [0.05, 0.1) is 5.69 Å². The van der Waals surface area contributed by atoms with E-state index in [0.29, 0.717) is 5.92 Å².